The number of aromatic amines is 1. The first-order valence-electron chi connectivity index (χ1n) is 7.99. The second-order valence-corrected chi connectivity index (χ2v) is 5.76. The first kappa shape index (κ1) is 16.7. The predicted molar refractivity (Wildman–Crippen MR) is 94.3 cm³/mol. The van der Waals surface area contributed by atoms with Crippen LogP contribution in [0.1, 0.15) is 23.7 Å². The number of nitrogens with one attached hydrogen (secondary N) is 3. The van der Waals surface area contributed by atoms with Crippen LogP contribution < -0.4 is 10.9 Å². The standard InChI is InChI=1S/C19H19N3O3/c23-17(13-6-2-1-3-7-13)11-19(25)22-21-18(24)10-14-12-20-16-9-5-4-8-15(14)16/h1-9,12,17,20,23H,10-11H2,(H,21,24)(H,22,25). The van der Waals surface area contributed by atoms with Crippen molar-refractivity contribution in [2.75, 3.05) is 0 Å². The Morgan fingerprint density at radius 1 is 0.960 bits per heavy atom. The largest absolute Gasteiger partial charge is 0.388 e. The summed E-state index contributed by atoms with van der Waals surface area (Å²) in [4.78, 5) is 27.0. The van der Waals surface area contributed by atoms with Crippen molar-refractivity contribution < 1.29 is 14.7 Å². The maximum absolute atomic E-state index is 12.0. The molecule has 1 unspecified atom stereocenters. The van der Waals surface area contributed by atoms with Crippen molar-refractivity contribution in [2.24, 2.45) is 0 Å². The Bertz CT molecular complexity index is 874. The van der Waals surface area contributed by atoms with Gasteiger partial charge in [0.05, 0.1) is 18.9 Å². The van der Waals surface area contributed by atoms with Crippen LogP contribution in [0.25, 0.3) is 10.9 Å². The summed E-state index contributed by atoms with van der Waals surface area (Å²) < 4.78 is 0. The molecule has 1 aromatic heterocycles. The van der Waals surface area contributed by atoms with Crippen LogP contribution in [-0.2, 0) is 16.0 Å². The van der Waals surface area contributed by atoms with Crippen molar-refractivity contribution in [3.63, 3.8) is 0 Å². The topological polar surface area (TPSA) is 94.2 Å². The second kappa shape index (κ2) is 7.63. The average Bonchev–Trinajstić information content (AvgIpc) is 3.04. The van der Waals surface area contributed by atoms with E-state index in [0.29, 0.717) is 5.56 Å². The molecular formula is C19H19N3O3. The fourth-order valence-electron chi connectivity index (χ4n) is 2.65. The van der Waals surface area contributed by atoms with Gasteiger partial charge in [-0.05, 0) is 17.2 Å². The average molecular weight is 337 g/mol. The van der Waals surface area contributed by atoms with E-state index in [2.05, 4.69) is 15.8 Å². The lowest BCUT2D eigenvalue weighted by molar-refractivity contribution is -0.129. The highest BCUT2D eigenvalue weighted by molar-refractivity contribution is 5.89. The van der Waals surface area contributed by atoms with Crippen molar-refractivity contribution >= 4 is 22.7 Å². The van der Waals surface area contributed by atoms with Gasteiger partial charge in [0, 0.05) is 17.1 Å². The molecule has 0 spiro atoms. The van der Waals surface area contributed by atoms with Gasteiger partial charge in [0.1, 0.15) is 0 Å². The van der Waals surface area contributed by atoms with E-state index in [-0.39, 0.29) is 18.7 Å². The lowest BCUT2D eigenvalue weighted by Gasteiger charge is -2.11. The van der Waals surface area contributed by atoms with Gasteiger partial charge in [0.25, 0.3) is 0 Å². The van der Waals surface area contributed by atoms with Crippen molar-refractivity contribution in [2.45, 2.75) is 18.9 Å². The summed E-state index contributed by atoms with van der Waals surface area (Å²) in [6, 6.07) is 16.6. The van der Waals surface area contributed by atoms with E-state index in [1.165, 1.54) is 0 Å². The molecular weight excluding hydrogens is 318 g/mol. The fraction of sp³-hybridized carbons (Fsp3) is 0.158. The van der Waals surface area contributed by atoms with Crippen LogP contribution in [0.3, 0.4) is 0 Å². The number of rotatable bonds is 5. The van der Waals surface area contributed by atoms with E-state index in [1.54, 1.807) is 30.5 Å². The minimum atomic E-state index is -0.910. The van der Waals surface area contributed by atoms with E-state index in [0.717, 1.165) is 16.5 Å². The minimum Gasteiger partial charge on any atom is -0.388 e. The summed E-state index contributed by atoms with van der Waals surface area (Å²) >= 11 is 0. The van der Waals surface area contributed by atoms with E-state index >= 15 is 0 Å². The van der Waals surface area contributed by atoms with E-state index in [9.17, 15) is 14.7 Å². The molecule has 6 nitrogen and oxygen atoms in total. The van der Waals surface area contributed by atoms with Gasteiger partial charge < -0.3 is 10.1 Å². The molecule has 6 heteroatoms. The molecule has 3 aromatic rings. The number of amides is 2. The summed E-state index contributed by atoms with van der Waals surface area (Å²) in [6.45, 7) is 0. The number of fused-ring (bicyclic) bond motifs is 1. The van der Waals surface area contributed by atoms with Crippen LogP contribution in [-0.4, -0.2) is 21.9 Å². The van der Waals surface area contributed by atoms with Gasteiger partial charge >= 0.3 is 0 Å². The number of para-hydroxylation sites is 1. The lowest BCUT2D eigenvalue weighted by Crippen LogP contribution is -2.42. The molecule has 0 aliphatic heterocycles. The van der Waals surface area contributed by atoms with E-state index < -0.39 is 12.0 Å². The zero-order valence-corrected chi connectivity index (χ0v) is 13.5. The molecule has 0 bridgehead atoms. The summed E-state index contributed by atoms with van der Waals surface area (Å²) in [5.74, 6) is -0.782. The molecule has 0 aliphatic rings. The Morgan fingerprint density at radius 2 is 1.64 bits per heavy atom. The summed E-state index contributed by atoms with van der Waals surface area (Å²) in [6.07, 6.45) is 0.889. The Labute approximate surface area is 144 Å². The summed E-state index contributed by atoms with van der Waals surface area (Å²) in [5.41, 5.74) is 7.18. The zero-order chi connectivity index (χ0) is 17.6. The monoisotopic (exact) mass is 337 g/mol. The van der Waals surface area contributed by atoms with Crippen LogP contribution in [0.15, 0.2) is 60.8 Å². The van der Waals surface area contributed by atoms with Gasteiger partial charge in [-0.15, -0.1) is 0 Å². The van der Waals surface area contributed by atoms with Crippen molar-refractivity contribution in [1.29, 1.82) is 0 Å². The third kappa shape index (κ3) is 4.24. The molecule has 0 saturated heterocycles. The smallest absolute Gasteiger partial charge is 0.242 e. The number of aliphatic hydroxyl groups excluding tert-OH is 1. The number of carbonyl (C=O) groups is 2. The van der Waals surface area contributed by atoms with Gasteiger partial charge in [-0.1, -0.05) is 48.5 Å². The third-order valence-corrected chi connectivity index (χ3v) is 3.93. The van der Waals surface area contributed by atoms with Crippen LogP contribution in [0.2, 0.25) is 0 Å². The van der Waals surface area contributed by atoms with Crippen molar-refractivity contribution in [3.8, 4) is 0 Å². The SMILES string of the molecule is O=C(Cc1c[nH]c2ccccc12)NNC(=O)CC(O)c1ccccc1. The molecule has 1 atom stereocenters. The lowest BCUT2D eigenvalue weighted by atomic mass is 10.1. The number of aliphatic hydroxyl groups is 1. The Hall–Kier alpha value is -3.12. The van der Waals surface area contributed by atoms with Crippen molar-refractivity contribution in [3.05, 3.63) is 71.9 Å². The molecule has 2 amide bonds. The minimum absolute atomic E-state index is 0.128. The number of hydrogen-bond donors (Lipinski definition) is 4. The number of hydrazine groups is 1. The molecule has 4 N–H and O–H groups in total. The van der Waals surface area contributed by atoms with Gasteiger partial charge in [-0.2, -0.15) is 0 Å². The zero-order valence-electron chi connectivity index (χ0n) is 13.5. The van der Waals surface area contributed by atoms with Crippen LogP contribution >= 0.6 is 0 Å². The quantitative estimate of drug-likeness (QED) is 0.536. The normalized spacial score (nSPS) is 11.9. The molecule has 0 fully saturated rings. The summed E-state index contributed by atoms with van der Waals surface area (Å²) in [5, 5.41) is 11.0. The third-order valence-electron chi connectivity index (χ3n) is 3.93. The second-order valence-electron chi connectivity index (χ2n) is 5.76. The van der Waals surface area contributed by atoms with Gasteiger partial charge in [0.2, 0.25) is 11.8 Å². The number of hydrogen-bond acceptors (Lipinski definition) is 3. The number of aromatic nitrogens is 1. The highest BCUT2D eigenvalue weighted by Crippen LogP contribution is 2.18. The molecule has 128 valence electrons. The van der Waals surface area contributed by atoms with Crippen LogP contribution in [0.4, 0.5) is 0 Å². The maximum atomic E-state index is 12.0. The fourth-order valence-corrected chi connectivity index (χ4v) is 2.65. The molecule has 1 heterocycles. The first-order chi connectivity index (χ1) is 12.1. The number of carbonyl (C=O) groups excluding carboxylic acids is 2. The highest BCUT2D eigenvalue weighted by Gasteiger charge is 2.14. The van der Waals surface area contributed by atoms with Crippen molar-refractivity contribution in [1.82, 2.24) is 15.8 Å². The molecule has 25 heavy (non-hydrogen) atoms. The van der Waals surface area contributed by atoms with E-state index in [4.69, 9.17) is 0 Å². The van der Waals surface area contributed by atoms with Crippen LogP contribution in [0, 0.1) is 0 Å². The van der Waals surface area contributed by atoms with Gasteiger partial charge in [-0.3, -0.25) is 20.4 Å². The Morgan fingerprint density at radius 3 is 2.44 bits per heavy atom. The highest BCUT2D eigenvalue weighted by atomic mass is 16.3. The predicted octanol–water partition coefficient (Wildman–Crippen LogP) is 1.98. The maximum Gasteiger partial charge on any atom is 0.242 e. The number of H-pyrrole nitrogens is 1. The Balaban J connectivity index is 1.49. The van der Waals surface area contributed by atoms with Gasteiger partial charge in [0.15, 0.2) is 0 Å². The molecule has 3 rings (SSSR count). The molecule has 0 aliphatic carbocycles. The molecule has 0 radical (unpaired) electrons. The molecule has 0 saturated carbocycles. The summed E-state index contributed by atoms with van der Waals surface area (Å²) in [7, 11) is 0. The first-order valence-corrected chi connectivity index (χ1v) is 7.99. The van der Waals surface area contributed by atoms with Gasteiger partial charge in [-0.25, -0.2) is 0 Å². The van der Waals surface area contributed by atoms with E-state index in [1.807, 2.05) is 30.3 Å². The Kier molecular flexibility index (Phi) is 5.11. The van der Waals surface area contributed by atoms with Crippen LogP contribution in [0.5, 0.6) is 0 Å². The number of benzene rings is 2. The molecule has 2 aromatic carbocycles.